The van der Waals surface area contributed by atoms with Crippen LogP contribution in [0.5, 0.6) is 0 Å². The lowest BCUT2D eigenvalue weighted by atomic mass is 10.2. The van der Waals surface area contributed by atoms with Crippen LogP contribution in [-0.4, -0.2) is 30.4 Å². The third kappa shape index (κ3) is 4.93. The fraction of sp³-hybridized carbons (Fsp3) is 0.471. The molecule has 5 heteroatoms. The molecule has 0 radical (unpaired) electrons. The van der Waals surface area contributed by atoms with Gasteiger partial charge in [0, 0.05) is 22.7 Å². The number of carbonyl (C=O) groups excluding carboxylic acids is 1. The molecule has 0 aliphatic rings. The van der Waals surface area contributed by atoms with E-state index in [1.54, 1.807) is 22.7 Å². The largest absolute Gasteiger partial charge is 0.354 e. The Morgan fingerprint density at radius 1 is 1.18 bits per heavy atom. The molecule has 0 fully saturated rings. The predicted molar refractivity (Wildman–Crippen MR) is 95.6 cm³/mol. The van der Waals surface area contributed by atoms with Crippen molar-refractivity contribution in [2.24, 2.45) is 0 Å². The van der Waals surface area contributed by atoms with E-state index in [1.165, 1.54) is 9.75 Å². The summed E-state index contributed by atoms with van der Waals surface area (Å²) in [4.78, 5) is 17.1. The summed E-state index contributed by atoms with van der Waals surface area (Å²) in [5.74, 6) is 0.141. The standard InChI is InChI=1S/C17H24N2OS2/c1-3-19(4-2)15(16-8-6-12-22-16)13-18-17(20)10-9-14-7-5-11-21-14/h5-8,11-12,15H,3-4,9-10,13H2,1-2H3,(H,18,20). The number of hydrogen-bond donors (Lipinski definition) is 1. The molecule has 1 unspecified atom stereocenters. The molecular weight excluding hydrogens is 312 g/mol. The number of nitrogens with zero attached hydrogens (tertiary/aromatic N) is 1. The molecule has 0 saturated carbocycles. The Bertz CT molecular complexity index is 533. The van der Waals surface area contributed by atoms with E-state index in [9.17, 15) is 4.79 Å². The van der Waals surface area contributed by atoms with E-state index in [0.29, 0.717) is 13.0 Å². The maximum Gasteiger partial charge on any atom is 0.220 e. The van der Waals surface area contributed by atoms with Crippen molar-refractivity contribution in [3.63, 3.8) is 0 Å². The summed E-state index contributed by atoms with van der Waals surface area (Å²) < 4.78 is 0. The summed E-state index contributed by atoms with van der Waals surface area (Å²) in [6.07, 6.45) is 1.40. The van der Waals surface area contributed by atoms with E-state index in [-0.39, 0.29) is 11.9 Å². The van der Waals surface area contributed by atoms with Gasteiger partial charge in [0.15, 0.2) is 0 Å². The van der Waals surface area contributed by atoms with Gasteiger partial charge in [-0.05, 0) is 42.4 Å². The van der Waals surface area contributed by atoms with Gasteiger partial charge in [0.25, 0.3) is 0 Å². The predicted octanol–water partition coefficient (Wildman–Crippen LogP) is 3.94. The highest BCUT2D eigenvalue weighted by atomic mass is 32.1. The lowest BCUT2D eigenvalue weighted by molar-refractivity contribution is -0.121. The van der Waals surface area contributed by atoms with E-state index >= 15 is 0 Å². The summed E-state index contributed by atoms with van der Waals surface area (Å²) in [7, 11) is 0. The number of amides is 1. The van der Waals surface area contributed by atoms with Crippen molar-refractivity contribution < 1.29 is 4.79 Å². The third-order valence-corrected chi connectivity index (χ3v) is 5.71. The molecule has 0 saturated heterocycles. The monoisotopic (exact) mass is 336 g/mol. The van der Waals surface area contributed by atoms with Gasteiger partial charge in [-0.1, -0.05) is 26.0 Å². The van der Waals surface area contributed by atoms with Gasteiger partial charge in [-0.3, -0.25) is 9.69 Å². The van der Waals surface area contributed by atoms with Gasteiger partial charge in [0.2, 0.25) is 5.91 Å². The topological polar surface area (TPSA) is 32.3 Å². The zero-order valence-corrected chi connectivity index (χ0v) is 14.9. The first-order valence-corrected chi connectivity index (χ1v) is 9.57. The van der Waals surface area contributed by atoms with Gasteiger partial charge in [-0.2, -0.15) is 0 Å². The zero-order valence-electron chi connectivity index (χ0n) is 13.2. The number of carbonyl (C=O) groups is 1. The summed E-state index contributed by atoms with van der Waals surface area (Å²) >= 11 is 3.47. The van der Waals surface area contributed by atoms with Gasteiger partial charge < -0.3 is 5.32 Å². The second kappa shape index (κ2) is 9.08. The van der Waals surface area contributed by atoms with E-state index in [1.807, 2.05) is 6.07 Å². The second-order valence-electron chi connectivity index (χ2n) is 5.14. The molecule has 0 bridgehead atoms. The average Bonchev–Trinajstić information content (AvgIpc) is 3.22. The Kier molecular flexibility index (Phi) is 7.09. The molecule has 22 heavy (non-hydrogen) atoms. The Balaban J connectivity index is 1.86. The number of thiophene rings is 2. The van der Waals surface area contributed by atoms with Crippen molar-refractivity contribution in [3.8, 4) is 0 Å². The average molecular weight is 337 g/mol. The maximum absolute atomic E-state index is 12.1. The fourth-order valence-corrected chi connectivity index (χ4v) is 4.12. The molecule has 2 aromatic rings. The van der Waals surface area contributed by atoms with Crippen molar-refractivity contribution in [3.05, 3.63) is 44.8 Å². The van der Waals surface area contributed by atoms with Crippen LogP contribution in [-0.2, 0) is 11.2 Å². The number of hydrogen-bond acceptors (Lipinski definition) is 4. The molecule has 1 N–H and O–H groups in total. The minimum absolute atomic E-state index is 0.141. The van der Waals surface area contributed by atoms with Crippen LogP contribution in [0.3, 0.4) is 0 Å². The number of likely N-dealkylation sites (N-methyl/N-ethyl adjacent to an activating group) is 1. The number of nitrogens with one attached hydrogen (secondary N) is 1. The van der Waals surface area contributed by atoms with E-state index in [0.717, 1.165) is 19.5 Å². The van der Waals surface area contributed by atoms with Crippen LogP contribution in [0.4, 0.5) is 0 Å². The first-order chi connectivity index (χ1) is 10.7. The fourth-order valence-electron chi connectivity index (χ4n) is 2.55. The van der Waals surface area contributed by atoms with Crippen LogP contribution < -0.4 is 5.32 Å². The van der Waals surface area contributed by atoms with Crippen molar-refractivity contribution in [1.82, 2.24) is 10.2 Å². The molecule has 1 atom stereocenters. The highest BCUT2D eigenvalue weighted by molar-refractivity contribution is 7.10. The molecular formula is C17H24N2OS2. The molecule has 2 aromatic heterocycles. The van der Waals surface area contributed by atoms with E-state index in [2.05, 4.69) is 53.0 Å². The van der Waals surface area contributed by atoms with Crippen molar-refractivity contribution in [1.29, 1.82) is 0 Å². The quantitative estimate of drug-likeness (QED) is 0.752. The Morgan fingerprint density at radius 2 is 1.91 bits per heavy atom. The highest BCUT2D eigenvalue weighted by Gasteiger charge is 2.19. The summed E-state index contributed by atoms with van der Waals surface area (Å²) in [5.41, 5.74) is 0. The van der Waals surface area contributed by atoms with Gasteiger partial charge in [0.05, 0.1) is 6.04 Å². The minimum atomic E-state index is 0.141. The Labute approximate surface area is 141 Å². The van der Waals surface area contributed by atoms with Crippen molar-refractivity contribution in [2.75, 3.05) is 19.6 Å². The van der Waals surface area contributed by atoms with Crippen LogP contribution in [0.25, 0.3) is 0 Å². The first kappa shape index (κ1) is 17.2. The van der Waals surface area contributed by atoms with Gasteiger partial charge >= 0.3 is 0 Å². The van der Waals surface area contributed by atoms with Gasteiger partial charge in [0.1, 0.15) is 0 Å². The molecule has 120 valence electrons. The zero-order chi connectivity index (χ0) is 15.8. The van der Waals surface area contributed by atoms with Gasteiger partial charge in [-0.15, -0.1) is 22.7 Å². The molecule has 2 heterocycles. The normalized spacial score (nSPS) is 12.5. The summed E-state index contributed by atoms with van der Waals surface area (Å²) in [6.45, 7) is 7.01. The van der Waals surface area contributed by atoms with E-state index < -0.39 is 0 Å². The molecule has 0 aromatic carbocycles. The maximum atomic E-state index is 12.1. The SMILES string of the molecule is CCN(CC)C(CNC(=O)CCc1cccs1)c1cccs1. The molecule has 0 aliphatic carbocycles. The lowest BCUT2D eigenvalue weighted by Crippen LogP contribution is -2.37. The van der Waals surface area contributed by atoms with Gasteiger partial charge in [-0.25, -0.2) is 0 Å². The van der Waals surface area contributed by atoms with Crippen LogP contribution in [0.2, 0.25) is 0 Å². The number of aryl methyl sites for hydroxylation is 1. The smallest absolute Gasteiger partial charge is 0.220 e. The van der Waals surface area contributed by atoms with Crippen molar-refractivity contribution in [2.45, 2.75) is 32.7 Å². The van der Waals surface area contributed by atoms with Crippen LogP contribution in [0.1, 0.15) is 36.1 Å². The molecule has 2 rings (SSSR count). The van der Waals surface area contributed by atoms with Crippen LogP contribution >= 0.6 is 22.7 Å². The summed E-state index contributed by atoms with van der Waals surface area (Å²) in [6, 6.07) is 8.63. The van der Waals surface area contributed by atoms with Crippen LogP contribution in [0.15, 0.2) is 35.0 Å². The van der Waals surface area contributed by atoms with Crippen molar-refractivity contribution >= 4 is 28.6 Å². The van der Waals surface area contributed by atoms with E-state index in [4.69, 9.17) is 0 Å². The Hall–Kier alpha value is -1.17. The lowest BCUT2D eigenvalue weighted by Gasteiger charge is -2.29. The first-order valence-electron chi connectivity index (χ1n) is 7.81. The highest BCUT2D eigenvalue weighted by Crippen LogP contribution is 2.24. The number of rotatable bonds is 9. The minimum Gasteiger partial charge on any atom is -0.354 e. The third-order valence-electron chi connectivity index (χ3n) is 3.80. The molecule has 1 amide bonds. The summed E-state index contributed by atoms with van der Waals surface area (Å²) in [5, 5.41) is 7.27. The molecule has 0 aliphatic heterocycles. The second-order valence-corrected chi connectivity index (χ2v) is 7.15. The van der Waals surface area contributed by atoms with Crippen LogP contribution in [0, 0.1) is 0 Å². The molecule has 0 spiro atoms. The molecule has 3 nitrogen and oxygen atoms in total. The Morgan fingerprint density at radius 3 is 2.50 bits per heavy atom.